The Kier molecular flexibility index (Phi) is 3.82. The molecule has 0 atom stereocenters. The van der Waals surface area contributed by atoms with Gasteiger partial charge in [0.05, 0.1) is 32.0 Å². The number of methoxy groups -OCH3 is 1. The molecule has 2 heterocycles. The van der Waals surface area contributed by atoms with Crippen LogP contribution in [0, 0.1) is 0 Å². The molecule has 0 spiro atoms. The molecule has 0 aliphatic heterocycles. The van der Waals surface area contributed by atoms with E-state index < -0.39 is 0 Å². The number of aryl methyl sites for hydroxylation is 1. The second-order valence-corrected chi connectivity index (χ2v) is 3.87. The van der Waals surface area contributed by atoms with E-state index in [1.165, 1.54) is 0 Å². The number of ether oxygens (including phenoxy) is 2. The van der Waals surface area contributed by atoms with Crippen LogP contribution in [0.5, 0.6) is 5.75 Å². The molecule has 2 rings (SSSR count). The first-order chi connectivity index (χ1) is 8.72. The number of esters is 1. The minimum atomic E-state index is -0.188. The molecule has 0 radical (unpaired) electrons. The first-order valence-electron chi connectivity index (χ1n) is 5.90. The SMILES string of the molecule is CCOC(=O)CCc1cn2cc(OC)ccc2n1. The summed E-state index contributed by atoms with van der Waals surface area (Å²) in [5.74, 6) is 0.587. The number of carbonyl (C=O) groups is 1. The number of hydrogen-bond donors (Lipinski definition) is 0. The lowest BCUT2D eigenvalue weighted by molar-refractivity contribution is -0.143. The molecule has 96 valence electrons. The van der Waals surface area contributed by atoms with E-state index in [1.54, 1.807) is 14.0 Å². The van der Waals surface area contributed by atoms with Gasteiger partial charge in [-0.15, -0.1) is 0 Å². The second kappa shape index (κ2) is 5.53. The highest BCUT2D eigenvalue weighted by Gasteiger charge is 2.06. The molecule has 2 aromatic heterocycles. The van der Waals surface area contributed by atoms with Crippen LogP contribution in [-0.2, 0) is 16.0 Å². The van der Waals surface area contributed by atoms with E-state index in [0.717, 1.165) is 17.1 Å². The Morgan fingerprint density at radius 1 is 1.39 bits per heavy atom. The Balaban J connectivity index is 2.08. The van der Waals surface area contributed by atoms with Gasteiger partial charge in [-0.25, -0.2) is 4.98 Å². The zero-order chi connectivity index (χ0) is 13.0. The molecule has 0 amide bonds. The largest absolute Gasteiger partial charge is 0.495 e. The fraction of sp³-hybridized carbons (Fsp3) is 0.385. The van der Waals surface area contributed by atoms with Gasteiger partial charge in [0.25, 0.3) is 0 Å². The van der Waals surface area contributed by atoms with Crippen molar-refractivity contribution >= 4 is 11.6 Å². The molecule has 0 unspecified atom stereocenters. The molecule has 0 saturated carbocycles. The average Bonchev–Trinajstić information content (AvgIpc) is 2.78. The predicted octanol–water partition coefficient (Wildman–Crippen LogP) is 1.84. The highest BCUT2D eigenvalue weighted by Crippen LogP contribution is 2.14. The molecule has 0 fully saturated rings. The molecule has 0 aliphatic carbocycles. The summed E-state index contributed by atoms with van der Waals surface area (Å²) >= 11 is 0. The van der Waals surface area contributed by atoms with Crippen LogP contribution in [0.25, 0.3) is 5.65 Å². The van der Waals surface area contributed by atoms with Crippen LogP contribution in [0.2, 0.25) is 0 Å². The highest BCUT2D eigenvalue weighted by molar-refractivity contribution is 5.69. The normalized spacial score (nSPS) is 10.6. The molecule has 0 N–H and O–H groups in total. The molecule has 0 saturated heterocycles. The minimum Gasteiger partial charge on any atom is -0.495 e. The third-order valence-electron chi connectivity index (χ3n) is 2.60. The number of imidazole rings is 1. The molecule has 5 heteroatoms. The fourth-order valence-electron chi connectivity index (χ4n) is 1.73. The summed E-state index contributed by atoms with van der Waals surface area (Å²) in [5.41, 5.74) is 1.71. The van der Waals surface area contributed by atoms with E-state index in [0.29, 0.717) is 19.4 Å². The van der Waals surface area contributed by atoms with Gasteiger partial charge in [0.15, 0.2) is 0 Å². The van der Waals surface area contributed by atoms with Crippen molar-refractivity contribution < 1.29 is 14.3 Å². The number of hydrogen-bond acceptors (Lipinski definition) is 4. The minimum absolute atomic E-state index is 0.188. The third-order valence-corrected chi connectivity index (χ3v) is 2.60. The molecule has 0 aliphatic rings. The standard InChI is InChI=1S/C13H16N2O3/c1-3-18-13(16)7-4-10-8-15-9-11(17-2)5-6-12(15)14-10/h5-6,8-9H,3-4,7H2,1-2H3. The van der Waals surface area contributed by atoms with Crippen molar-refractivity contribution in [2.45, 2.75) is 19.8 Å². The van der Waals surface area contributed by atoms with E-state index in [1.807, 2.05) is 28.9 Å². The lowest BCUT2D eigenvalue weighted by atomic mass is 10.2. The Hall–Kier alpha value is -2.04. The highest BCUT2D eigenvalue weighted by atomic mass is 16.5. The number of carbonyl (C=O) groups excluding carboxylic acids is 1. The quantitative estimate of drug-likeness (QED) is 0.758. The lowest BCUT2D eigenvalue weighted by Crippen LogP contribution is -2.05. The van der Waals surface area contributed by atoms with Crippen LogP contribution in [-0.4, -0.2) is 29.1 Å². The Labute approximate surface area is 105 Å². The van der Waals surface area contributed by atoms with Gasteiger partial charge in [-0.05, 0) is 19.1 Å². The van der Waals surface area contributed by atoms with Crippen LogP contribution in [0.3, 0.4) is 0 Å². The number of nitrogens with zero attached hydrogens (tertiary/aromatic N) is 2. The van der Waals surface area contributed by atoms with Gasteiger partial charge < -0.3 is 13.9 Å². The Morgan fingerprint density at radius 3 is 2.94 bits per heavy atom. The van der Waals surface area contributed by atoms with E-state index >= 15 is 0 Å². The maximum atomic E-state index is 11.3. The summed E-state index contributed by atoms with van der Waals surface area (Å²) in [6.07, 6.45) is 4.70. The summed E-state index contributed by atoms with van der Waals surface area (Å²) in [7, 11) is 1.62. The van der Waals surface area contributed by atoms with Crippen molar-refractivity contribution in [3.05, 3.63) is 30.2 Å². The zero-order valence-electron chi connectivity index (χ0n) is 10.5. The van der Waals surface area contributed by atoms with Gasteiger partial charge in [0.1, 0.15) is 11.4 Å². The number of pyridine rings is 1. The van der Waals surface area contributed by atoms with Gasteiger partial charge in [-0.1, -0.05) is 0 Å². The first-order valence-corrected chi connectivity index (χ1v) is 5.90. The van der Waals surface area contributed by atoms with Gasteiger partial charge in [0, 0.05) is 12.6 Å². The Bertz CT molecular complexity index is 548. The molecule has 5 nitrogen and oxygen atoms in total. The van der Waals surface area contributed by atoms with Crippen molar-refractivity contribution in [2.24, 2.45) is 0 Å². The predicted molar refractivity (Wildman–Crippen MR) is 66.7 cm³/mol. The van der Waals surface area contributed by atoms with E-state index in [2.05, 4.69) is 4.98 Å². The summed E-state index contributed by atoms with van der Waals surface area (Å²) in [4.78, 5) is 15.7. The van der Waals surface area contributed by atoms with Crippen LogP contribution in [0.1, 0.15) is 19.0 Å². The molecule has 0 aromatic carbocycles. The van der Waals surface area contributed by atoms with Gasteiger partial charge in [0.2, 0.25) is 0 Å². The second-order valence-electron chi connectivity index (χ2n) is 3.87. The molecule has 2 aromatic rings. The number of rotatable bonds is 5. The van der Waals surface area contributed by atoms with Crippen molar-refractivity contribution in [2.75, 3.05) is 13.7 Å². The van der Waals surface area contributed by atoms with E-state index in [4.69, 9.17) is 9.47 Å². The molecule has 0 bridgehead atoms. The Morgan fingerprint density at radius 2 is 2.22 bits per heavy atom. The van der Waals surface area contributed by atoms with Crippen LogP contribution in [0.15, 0.2) is 24.5 Å². The molecular formula is C13H16N2O3. The topological polar surface area (TPSA) is 52.8 Å². The van der Waals surface area contributed by atoms with Crippen molar-refractivity contribution in [1.82, 2.24) is 9.38 Å². The van der Waals surface area contributed by atoms with Crippen molar-refractivity contribution in [3.63, 3.8) is 0 Å². The summed E-state index contributed by atoms with van der Waals surface area (Å²) in [5, 5.41) is 0. The number of aromatic nitrogens is 2. The average molecular weight is 248 g/mol. The third kappa shape index (κ3) is 2.80. The van der Waals surface area contributed by atoms with Crippen LogP contribution >= 0.6 is 0 Å². The van der Waals surface area contributed by atoms with Gasteiger partial charge >= 0.3 is 5.97 Å². The zero-order valence-corrected chi connectivity index (χ0v) is 10.5. The van der Waals surface area contributed by atoms with Crippen LogP contribution < -0.4 is 4.74 Å². The van der Waals surface area contributed by atoms with E-state index in [9.17, 15) is 4.79 Å². The molecule has 18 heavy (non-hydrogen) atoms. The summed E-state index contributed by atoms with van der Waals surface area (Å²) in [6, 6.07) is 3.74. The maximum Gasteiger partial charge on any atom is 0.306 e. The maximum absolute atomic E-state index is 11.3. The van der Waals surface area contributed by atoms with Crippen molar-refractivity contribution in [3.8, 4) is 5.75 Å². The van der Waals surface area contributed by atoms with Crippen molar-refractivity contribution in [1.29, 1.82) is 0 Å². The monoisotopic (exact) mass is 248 g/mol. The number of fused-ring (bicyclic) bond motifs is 1. The molecular weight excluding hydrogens is 232 g/mol. The first kappa shape index (κ1) is 12.4. The smallest absolute Gasteiger partial charge is 0.306 e. The van der Waals surface area contributed by atoms with Gasteiger partial charge in [-0.2, -0.15) is 0 Å². The van der Waals surface area contributed by atoms with Gasteiger partial charge in [-0.3, -0.25) is 4.79 Å². The van der Waals surface area contributed by atoms with Crippen LogP contribution in [0.4, 0.5) is 0 Å². The summed E-state index contributed by atoms with van der Waals surface area (Å²) in [6.45, 7) is 2.22. The lowest BCUT2D eigenvalue weighted by Gasteiger charge is -1.99. The fourth-order valence-corrected chi connectivity index (χ4v) is 1.73. The summed E-state index contributed by atoms with van der Waals surface area (Å²) < 4.78 is 11.9. The van der Waals surface area contributed by atoms with E-state index in [-0.39, 0.29) is 5.97 Å².